The molecule has 0 aliphatic heterocycles. The molecule has 4 nitrogen and oxygen atoms in total. The average Bonchev–Trinajstić information content (AvgIpc) is 2.56. The van der Waals surface area contributed by atoms with E-state index >= 15 is 0 Å². The van der Waals surface area contributed by atoms with Crippen LogP contribution in [-0.4, -0.2) is 28.7 Å². The molecule has 5 heteroatoms. The fourth-order valence-electron chi connectivity index (χ4n) is 1.92. The minimum Gasteiger partial charge on any atom is -0.383 e. The van der Waals surface area contributed by atoms with Gasteiger partial charge in [0.2, 0.25) is 0 Å². The summed E-state index contributed by atoms with van der Waals surface area (Å²) in [6, 6.07) is 0. The first-order valence-electron chi connectivity index (χ1n) is 5.34. The van der Waals surface area contributed by atoms with Crippen molar-refractivity contribution in [3.8, 4) is 0 Å². The van der Waals surface area contributed by atoms with Crippen LogP contribution in [0, 0.1) is 0 Å². The van der Waals surface area contributed by atoms with E-state index in [0.29, 0.717) is 18.4 Å². The van der Waals surface area contributed by atoms with E-state index in [9.17, 15) is 0 Å². The molecule has 15 heavy (non-hydrogen) atoms. The van der Waals surface area contributed by atoms with Gasteiger partial charge in [0.25, 0.3) is 0 Å². The van der Waals surface area contributed by atoms with E-state index in [-0.39, 0.29) is 0 Å². The highest BCUT2D eigenvalue weighted by molar-refractivity contribution is 6.16. The Hall–Kier alpha value is -0.610. The predicted molar refractivity (Wildman–Crippen MR) is 58.0 cm³/mol. The summed E-state index contributed by atoms with van der Waals surface area (Å²) >= 11 is 5.86. The largest absolute Gasteiger partial charge is 0.383 e. The molecule has 0 N–H and O–H groups in total. The Kier molecular flexibility index (Phi) is 3.59. The van der Waals surface area contributed by atoms with Gasteiger partial charge in [-0.2, -0.15) is 0 Å². The lowest BCUT2D eigenvalue weighted by atomic mass is 9.82. The molecular weight excluding hydrogens is 214 g/mol. The van der Waals surface area contributed by atoms with Crippen molar-refractivity contribution in [1.29, 1.82) is 0 Å². The second-order valence-electron chi connectivity index (χ2n) is 3.90. The molecule has 1 fully saturated rings. The normalized spacial score (nSPS) is 16.7. The van der Waals surface area contributed by atoms with Gasteiger partial charge in [0.05, 0.1) is 24.7 Å². The summed E-state index contributed by atoms with van der Waals surface area (Å²) in [4.78, 5) is 0. The van der Waals surface area contributed by atoms with Crippen molar-refractivity contribution < 1.29 is 4.74 Å². The van der Waals surface area contributed by atoms with E-state index in [2.05, 4.69) is 10.3 Å². The lowest BCUT2D eigenvalue weighted by Crippen LogP contribution is -2.18. The van der Waals surface area contributed by atoms with Gasteiger partial charge in [0.1, 0.15) is 5.69 Å². The van der Waals surface area contributed by atoms with Crippen LogP contribution in [0.25, 0.3) is 0 Å². The lowest BCUT2D eigenvalue weighted by molar-refractivity contribution is 0.180. The van der Waals surface area contributed by atoms with Crippen LogP contribution in [0.1, 0.15) is 36.6 Å². The molecule has 0 bridgehead atoms. The van der Waals surface area contributed by atoms with Gasteiger partial charge >= 0.3 is 0 Å². The maximum atomic E-state index is 5.86. The maximum Gasteiger partial charge on any atom is 0.101 e. The average molecular weight is 230 g/mol. The summed E-state index contributed by atoms with van der Waals surface area (Å²) in [6.07, 6.45) is 3.79. The van der Waals surface area contributed by atoms with Gasteiger partial charge in [0, 0.05) is 13.0 Å². The number of rotatable bonds is 5. The van der Waals surface area contributed by atoms with E-state index in [1.165, 1.54) is 25.0 Å². The second kappa shape index (κ2) is 4.94. The van der Waals surface area contributed by atoms with Gasteiger partial charge in [-0.05, 0) is 12.8 Å². The molecule has 1 aromatic rings. The van der Waals surface area contributed by atoms with Gasteiger partial charge < -0.3 is 4.74 Å². The summed E-state index contributed by atoms with van der Waals surface area (Å²) in [5.41, 5.74) is 2.17. The summed E-state index contributed by atoms with van der Waals surface area (Å²) < 4.78 is 7.00. The highest BCUT2D eigenvalue weighted by Gasteiger charge is 2.26. The zero-order valence-corrected chi connectivity index (χ0v) is 9.70. The first kappa shape index (κ1) is 10.9. The summed E-state index contributed by atoms with van der Waals surface area (Å²) in [6.45, 7) is 1.44. The predicted octanol–water partition coefficient (Wildman–Crippen LogP) is 1.93. The summed E-state index contributed by atoms with van der Waals surface area (Å²) in [7, 11) is 1.70. The number of alkyl halides is 1. The molecule has 1 aliphatic carbocycles. The Morgan fingerprint density at radius 2 is 2.33 bits per heavy atom. The van der Waals surface area contributed by atoms with Crippen molar-refractivity contribution in [1.82, 2.24) is 15.0 Å². The van der Waals surface area contributed by atoms with Crippen LogP contribution in [-0.2, 0) is 17.2 Å². The third kappa shape index (κ3) is 2.16. The van der Waals surface area contributed by atoms with Gasteiger partial charge in [-0.15, -0.1) is 16.7 Å². The van der Waals surface area contributed by atoms with Gasteiger partial charge in [-0.25, -0.2) is 4.68 Å². The molecular formula is C10H16ClN3O. The molecule has 1 aliphatic rings. The van der Waals surface area contributed by atoms with Crippen LogP contribution >= 0.6 is 11.6 Å². The SMILES string of the molecule is COCCn1nnc(CCl)c1C1CCC1. The lowest BCUT2D eigenvalue weighted by Gasteiger charge is -2.26. The van der Waals surface area contributed by atoms with Gasteiger partial charge in [-0.3, -0.25) is 0 Å². The molecule has 1 aromatic heterocycles. The molecule has 1 heterocycles. The summed E-state index contributed by atoms with van der Waals surface area (Å²) in [5, 5.41) is 8.25. The molecule has 0 amide bonds. The minimum absolute atomic E-state index is 0.457. The van der Waals surface area contributed by atoms with Crippen LogP contribution < -0.4 is 0 Å². The van der Waals surface area contributed by atoms with Crippen molar-refractivity contribution in [2.75, 3.05) is 13.7 Å². The van der Waals surface area contributed by atoms with E-state index in [1.807, 2.05) is 4.68 Å². The Morgan fingerprint density at radius 3 is 2.87 bits per heavy atom. The zero-order chi connectivity index (χ0) is 10.7. The number of aromatic nitrogens is 3. The number of hydrogen-bond donors (Lipinski definition) is 0. The van der Waals surface area contributed by atoms with Crippen molar-refractivity contribution >= 4 is 11.6 Å². The molecule has 2 rings (SSSR count). The molecule has 0 radical (unpaired) electrons. The number of hydrogen-bond acceptors (Lipinski definition) is 3. The van der Waals surface area contributed by atoms with Crippen LogP contribution in [0.2, 0.25) is 0 Å². The van der Waals surface area contributed by atoms with Crippen LogP contribution in [0.3, 0.4) is 0 Å². The van der Waals surface area contributed by atoms with E-state index in [4.69, 9.17) is 16.3 Å². The number of methoxy groups -OCH3 is 1. The smallest absolute Gasteiger partial charge is 0.101 e. The zero-order valence-electron chi connectivity index (χ0n) is 8.95. The highest BCUT2D eigenvalue weighted by Crippen LogP contribution is 2.37. The summed E-state index contributed by atoms with van der Waals surface area (Å²) in [5.74, 6) is 1.07. The van der Waals surface area contributed by atoms with Gasteiger partial charge in [-0.1, -0.05) is 11.6 Å². The molecule has 0 spiro atoms. The quantitative estimate of drug-likeness (QED) is 0.725. The maximum absolute atomic E-state index is 5.86. The fourth-order valence-corrected chi connectivity index (χ4v) is 2.11. The van der Waals surface area contributed by atoms with Crippen molar-refractivity contribution in [3.05, 3.63) is 11.4 Å². The van der Waals surface area contributed by atoms with Crippen LogP contribution in [0.5, 0.6) is 0 Å². The first-order valence-corrected chi connectivity index (χ1v) is 5.87. The Labute approximate surface area is 94.6 Å². The Morgan fingerprint density at radius 1 is 1.53 bits per heavy atom. The van der Waals surface area contributed by atoms with Crippen molar-refractivity contribution in [2.45, 2.75) is 37.6 Å². The van der Waals surface area contributed by atoms with Crippen molar-refractivity contribution in [2.24, 2.45) is 0 Å². The van der Waals surface area contributed by atoms with Crippen molar-refractivity contribution in [3.63, 3.8) is 0 Å². The molecule has 1 saturated carbocycles. The molecule has 84 valence electrons. The standard InChI is InChI=1S/C10H16ClN3O/c1-15-6-5-14-10(8-3-2-4-8)9(7-11)12-13-14/h8H,2-7H2,1H3. The molecule has 0 unspecified atom stereocenters. The molecule has 0 atom stereocenters. The number of halogens is 1. The van der Waals surface area contributed by atoms with E-state index < -0.39 is 0 Å². The van der Waals surface area contributed by atoms with E-state index in [0.717, 1.165) is 12.2 Å². The Balaban J connectivity index is 2.16. The molecule has 0 saturated heterocycles. The Bertz CT molecular complexity index is 322. The van der Waals surface area contributed by atoms with Crippen LogP contribution in [0.15, 0.2) is 0 Å². The number of nitrogens with zero attached hydrogens (tertiary/aromatic N) is 3. The minimum atomic E-state index is 0.457. The fraction of sp³-hybridized carbons (Fsp3) is 0.800. The number of ether oxygens (including phenoxy) is 1. The molecule has 0 aromatic carbocycles. The first-order chi connectivity index (χ1) is 7.36. The highest BCUT2D eigenvalue weighted by atomic mass is 35.5. The monoisotopic (exact) mass is 229 g/mol. The second-order valence-corrected chi connectivity index (χ2v) is 4.17. The van der Waals surface area contributed by atoms with Crippen LogP contribution in [0.4, 0.5) is 0 Å². The van der Waals surface area contributed by atoms with E-state index in [1.54, 1.807) is 7.11 Å². The third-order valence-corrected chi connectivity index (χ3v) is 3.23. The van der Waals surface area contributed by atoms with Gasteiger partial charge in [0.15, 0.2) is 0 Å². The third-order valence-electron chi connectivity index (χ3n) is 2.97. The topological polar surface area (TPSA) is 39.9 Å².